The van der Waals surface area contributed by atoms with E-state index in [0.29, 0.717) is 5.92 Å². The third-order valence-electron chi connectivity index (χ3n) is 3.31. The topological polar surface area (TPSA) is 33.7 Å². The predicted octanol–water partition coefficient (Wildman–Crippen LogP) is 3.34. The van der Waals surface area contributed by atoms with Gasteiger partial charge in [-0.15, -0.1) is 0 Å². The minimum Gasteiger partial charge on any atom is -0.297 e. The second kappa shape index (κ2) is 9.73. The number of hydrogen-bond donors (Lipinski definition) is 1. The van der Waals surface area contributed by atoms with Crippen LogP contribution in [0.3, 0.4) is 0 Å². The fourth-order valence-electron chi connectivity index (χ4n) is 1.72. The average molecular weight is 260 g/mol. The molecule has 0 spiro atoms. The molecule has 2 unspecified atom stereocenters. The van der Waals surface area contributed by atoms with Gasteiger partial charge in [0.05, 0.1) is 12.2 Å². The largest absolute Gasteiger partial charge is 0.297 e. The molecule has 0 radical (unpaired) electrons. The standard InChI is InChI=1S/C14H32N2O2/c1-8-13(9-2)18-16(7)12(6)15-17-14(10-3)11(4)5/h11-15H,8-10H2,1-7H3. The molecule has 4 nitrogen and oxygen atoms in total. The summed E-state index contributed by atoms with van der Waals surface area (Å²) in [5.74, 6) is 0.514. The zero-order chi connectivity index (χ0) is 14.1. The summed E-state index contributed by atoms with van der Waals surface area (Å²) in [6.45, 7) is 12.8. The Labute approximate surface area is 113 Å². The van der Waals surface area contributed by atoms with Gasteiger partial charge in [0.2, 0.25) is 0 Å². The molecule has 0 aromatic carbocycles. The van der Waals surface area contributed by atoms with E-state index in [2.05, 4.69) is 40.1 Å². The van der Waals surface area contributed by atoms with Crippen LogP contribution in [0.15, 0.2) is 0 Å². The Morgan fingerprint density at radius 2 is 1.56 bits per heavy atom. The molecule has 0 aromatic rings. The number of rotatable bonds is 10. The van der Waals surface area contributed by atoms with Gasteiger partial charge >= 0.3 is 0 Å². The zero-order valence-corrected chi connectivity index (χ0v) is 13.2. The molecule has 0 aliphatic heterocycles. The summed E-state index contributed by atoms with van der Waals surface area (Å²) in [7, 11) is 1.94. The van der Waals surface area contributed by atoms with E-state index in [4.69, 9.17) is 9.68 Å². The molecule has 0 rings (SSSR count). The molecule has 0 fully saturated rings. The minimum absolute atomic E-state index is 0.0402. The Morgan fingerprint density at radius 3 is 1.94 bits per heavy atom. The lowest BCUT2D eigenvalue weighted by atomic mass is 10.1. The molecule has 0 amide bonds. The molecule has 4 heteroatoms. The molecule has 0 aliphatic rings. The predicted molar refractivity (Wildman–Crippen MR) is 75.8 cm³/mol. The Hall–Kier alpha value is -0.160. The molecular formula is C14H32N2O2. The van der Waals surface area contributed by atoms with Crippen LogP contribution in [0.4, 0.5) is 0 Å². The SMILES string of the molecule is CCC(CC)ON(C)C(C)NOC(CC)C(C)C. The third-order valence-corrected chi connectivity index (χ3v) is 3.31. The highest BCUT2D eigenvalue weighted by atomic mass is 16.7. The Morgan fingerprint density at radius 1 is 1.00 bits per heavy atom. The Bertz CT molecular complexity index is 196. The van der Waals surface area contributed by atoms with Crippen LogP contribution in [0.1, 0.15) is 60.8 Å². The number of nitrogens with one attached hydrogen (secondary N) is 1. The van der Waals surface area contributed by atoms with Gasteiger partial charge in [0.25, 0.3) is 0 Å². The van der Waals surface area contributed by atoms with Gasteiger partial charge in [-0.05, 0) is 32.1 Å². The van der Waals surface area contributed by atoms with E-state index in [0.717, 1.165) is 19.3 Å². The highest BCUT2D eigenvalue weighted by Gasteiger charge is 2.17. The van der Waals surface area contributed by atoms with Crippen molar-refractivity contribution in [3.8, 4) is 0 Å². The number of hydrogen-bond acceptors (Lipinski definition) is 4. The summed E-state index contributed by atoms with van der Waals surface area (Å²) in [5.41, 5.74) is 3.07. The van der Waals surface area contributed by atoms with Gasteiger partial charge in [-0.25, -0.2) is 0 Å². The summed E-state index contributed by atoms with van der Waals surface area (Å²) >= 11 is 0. The van der Waals surface area contributed by atoms with Crippen molar-refractivity contribution in [2.45, 2.75) is 79.2 Å². The van der Waals surface area contributed by atoms with Crippen molar-refractivity contribution in [3.05, 3.63) is 0 Å². The lowest BCUT2D eigenvalue weighted by Crippen LogP contribution is -2.45. The van der Waals surface area contributed by atoms with Crippen LogP contribution in [0.25, 0.3) is 0 Å². The second-order valence-electron chi connectivity index (χ2n) is 5.19. The van der Waals surface area contributed by atoms with Crippen LogP contribution in [0.5, 0.6) is 0 Å². The summed E-state index contributed by atoms with van der Waals surface area (Å²) in [5, 5.41) is 1.84. The molecular weight excluding hydrogens is 228 g/mol. The molecule has 110 valence electrons. The first-order valence-corrected chi connectivity index (χ1v) is 7.26. The maximum Gasteiger partial charge on any atom is 0.104 e. The quantitative estimate of drug-likeness (QED) is 0.482. The molecule has 1 N–H and O–H groups in total. The van der Waals surface area contributed by atoms with Gasteiger partial charge in [0.15, 0.2) is 0 Å². The minimum atomic E-state index is 0.0402. The molecule has 0 saturated heterocycles. The van der Waals surface area contributed by atoms with Crippen molar-refractivity contribution in [1.29, 1.82) is 0 Å². The zero-order valence-electron chi connectivity index (χ0n) is 13.2. The first-order valence-electron chi connectivity index (χ1n) is 7.26. The van der Waals surface area contributed by atoms with E-state index in [1.54, 1.807) is 0 Å². The van der Waals surface area contributed by atoms with Gasteiger partial charge in [-0.2, -0.15) is 10.5 Å². The molecule has 18 heavy (non-hydrogen) atoms. The van der Waals surface area contributed by atoms with Gasteiger partial charge in [0, 0.05) is 7.05 Å². The highest BCUT2D eigenvalue weighted by molar-refractivity contribution is 4.59. The van der Waals surface area contributed by atoms with Crippen LogP contribution >= 0.6 is 0 Å². The first kappa shape index (κ1) is 17.8. The van der Waals surface area contributed by atoms with Crippen LogP contribution in [0, 0.1) is 5.92 Å². The molecule has 2 atom stereocenters. The van der Waals surface area contributed by atoms with E-state index in [1.807, 2.05) is 19.0 Å². The Kier molecular flexibility index (Phi) is 9.64. The lowest BCUT2D eigenvalue weighted by molar-refractivity contribution is -0.235. The van der Waals surface area contributed by atoms with Gasteiger partial charge < -0.3 is 0 Å². The molecule has 0 heterocycles. The van der Waals surface area contributed by atoms with Crippen LogP contribution in [-0.4, -0.2) is 30.5 Å². The summed E-state index contributed by atoms with van der Waals surface area (Å²) < 4.78 is 0. The smallest absolute Gasteiger partial charge is 0.104 e. The van der Waals surface area contributed by atoms with E-state index >= 15 is 0 Å². The monoisotopic (exact) mass is 260 g/mol. The molecule has 0 bridgehead atoms. The Balaban J connectivity index is 4.03. The van der Waals surface area contributed by atoms with Crippen molar-refractivity contribution in [2.24, 2.45) is 5.92 Å². The average Bonchev–Trinajstić information content (AvgIpc) is 2.35. The maximum absolute atomic E-state index is 5.83. The first-order chi connectivity index (χ1) is 8.46. The van der Waals surface area contributed by atoms with E-state index in [9.17, 15) is 0 Å². The van der Waals surface area contributed by atoms with Crippen molar-refractivity contribution >= 4 is 0 Å². The van der Waals surface area contributed by atoms with Crippen LogP contribution in [-0.2, 0) is 9.68 Å². The summed E-state index contributed by atoms with van der Waals surface area (Å²) in [6, 6.07) is 0. The van der Waals surface area contributed by atoms with Gasteiger partial charge in [0.1, 0.15) is 6.17 Å². The van der Waals surface area contributed by atoms with Crippen molar-refractivity contribution in [1.82, 2.24) is 10.5 Å². The van der Waals surface area contributed by atoms with E-state index < -0.39 is 0 Å². The molecule has 0 aromatic heterocycles. The van der Waals surface area contributed by atoms with Gasteiger partial charge in [-0.1, -0.05) is 34.6 Å². The third kappa shape index (κ3) is 6.69. The van der Waals surface area contributed by atoms with Crippen LogP contribution in [0.2, 0.25) is 0 Å². The number of hydroxylamine groups is 3. The van der Waals surface area contributed by atoms with Crippen molar-refractivity contribution in [2.75, 3.05) is 7.05 Å². The summed E-state index contributed by atoms with van der Waals surface area (Å²) in [4.78, 5) is 11.5. The van der Waals surface area contributed by atoms with E-state index in [-0.39, 0.29) is 18.4 Å². The molecule has 0 saturated carbocycles. The highest BCUT2D eigenvalue weighted by Crippen LogP contribution is 2.10. The number of nitrogens with zero attached hydrogens (tertiary/aromatic N) is 1. The normalized spacial score (nSPS) is 15.7. The van der Waals surface area contributed by atoms with Crippen molar-refractivity contribution < 1.29 is 9.68 Å². The van der Waals surface area contributed by atoms with E-state index in [1.165, 1.54) is 0 Å². The molecule has 0 aliphatic carbocycles. The van der Waals surface area contributed by atoms with Gasteiger partial charge in [-0.3, -0.25) is 9.68 Å². The second-order valence-corrected chi connectivity index (χ2v) is 5.19. The summed E-state index contributed by atoms with van der Waals surface area (Å²) in [6.07, 6.45) is 3.63. The lowest BCUT2D eigenvalue weighted by Gasteiger charge is -2.30. The van der Waals surface area contributed by atoms with Crippen LogP contribution < -0.4 is 5.48 Å². The maximum atomic E-state index is 5.83. The fraction of sp³-hybridized carbons (Fsp3) is 1.00. The fourth-order valence-corrected chi connectivity index (χ4v) is 1.72. The van der Waals surface area contributed by atoms with Crippen molar-refractivity contribution in [3.63, 3.8) is 0 Å².